The molecule has 11 heteroatoms. The SMILES string of the molecule is COc1ccc([C@@]23Oc4cc5c(c(OC)c4[C@](O)([C@H](C(=O)N4CCC[C@H]4NC(=O)C(C)C)[C@H]2c2ccccc2)[C@H]3O)OCO5)cc1. The predicted molar refractivity (Wildman–Crippen MR) is 165 cm³/mol. The minimum atomic E-state index is -2.23. The standard InChI is InChI=1S/C35H38N2O9/c1-19(2)31(38)36-25-11-8-16-37(25)32(39)28-26(20-9-6-5-7-10-20)35(21-12-14-22(42-3)15-13-21)33(40)34(28,41)27-23(46-35)17-24-29(30(27)43-4)45-18-44-24/h5-7,9-10,12-15,17,19,25-26,28,33,40-41H,8,11,16,18H2,1-4H3,(H,36,38)/t25-,26+,28-,33+,34-,35+/m0/s1. The van der Waals surface area contributed by atoms with Gasteiger partial charge in [0.2, 0.25) is 24.4 Å². The molecule has 1 aliphatic carbocycles. The number of carbonyl (C=O) groups is 2. The number of nitrogens with zero attached hydrogens (tertiary/aromatic N) is 1. The van der Waals surface area contributed by atoms with Crippen molar-refractivity contribution < 1.29 is 43.5 Å². The van der Waals surface area contributed by atoms with E-state index < -0.39 is 41.2 Å². The Labute approximate surface area is 267 Å². The van der Waals surface area contributed by atoms with Gasteiger partial charge in [0.05, 0.1) is 25.7 Å². The van der Waals surface area contributed by atoms with Crippen LogP contribution in [0.2, 0.25) is 0 Å². The van der Waals surface area contributed by atoms with E-state index in [0.717, 1.165) is 0 Å². The lowest BCUT2D eigenvalue weighted by atomic mass is 9.75. The zero-order valence-electron chi connectivity index (χ0n) is 26.2. The number of amides is 2. The van der Waals surface area contributed by atoms with Crippen molar-refractivity contribution in [3.05, 3.63) is 77.4 Å². The number of rotatable bonds is 7. The van der Waals surface area contributed by atoms with Crippen LogP contribution < -0.4 is 29.0 Å². The first-order valence-corrected chi connectivity index (χ1v) is 15.6. The third kappa shape index (κ3) is 4.17. The van der Waals surface area contributed by atoms with Crippen LogP contribution >= 0.6 is 0 Å². The van der Waals surface area contributed by atoms with Gasteiger partial charge in [-0.3, -0.25) is 9.59 Å². The molecule has 7 rings (SSSR count). The van der Waals surface area contributed by atoms with Crippen LogP contribution in [0, 0.1) is 11.8 Å². The molecule has 242 valence electrons. The molecule has 0 aromatic heterocycles. The lowest BCUT2D eigenvalue weighted by molar-refractivity contribution is -0.167. The number of likely N-dealkylation sites (tertiary alicyclic amines) is 1. The van der Waals surface area contributed by atoms with E-state index in [2.05, 4.69) is 5.32 Å². The minimum Gasteiger partial charge on any atom is -0.497 e. The summed E-state index contributed by atoms with van der Waals surface area (Å²) in [6.45, 7) is 3.89. The summed E-state index contributed by atoms with van der Waals surface area (Å²) < 4.78 is 29.6. The number of methoxy groups -OCH3 is 2. The summed E-state index contributed by atoms with van der Waals surface area (Å²) in [5.41, 5.74) is -2.55. The highest BCUT2D eigenvalue weighted by Gasteiger charge is 2.77. The van der Waals surface area contributed by atoms with Crippen LogP contribution in [-0.4, -0.2) is 66.8 Å². The van der Waals surface area contributed by atoms with Gasteiger partial charge in [0.15, 0.2) is 17.1 Å². The molecule has 4 aliphatic rings. The first-order chi connectivity index (χ1) is 22.2. The van der Waals surface area contributed by atoms with Crippen LogP contribution in [0.3, 0.4) is 0 Å². The van der Waals surface area contributed by atoms with Crippen molar-refractivity contribution in [1.29, 1.82) is 0 Å². The molecule has 1 saturated carbocycles. The van der Waals surface area contributed by atoms with E-state index in [4.69, 9.17) is 23.7 Å². The number of aliphatic hydroxyl groups is 2. The average Bonchev–Trinajstić information content (AvgIpc) is 3.76. The van der Waals surface area contributed by atoms with Crippen molar-refractivity contribution in [2.75, 3.05) is 27.6 Å². The van der Waals surface area contributed by atoms with Gasteiger partial charge in [0.25, 0.3) is 0 Å². The maximum atomic E-state index is 15.1. The summed E-state index contributed by atoms with van der Waals surface area (Å²) in [5.74, 6) is -1.54. The first-order valence-electron chi connectivity index (χ1n) is 15.6. The van der Waals surface area contributed by atoms with Gasteiger partial charge in [-0.05, 0) is 36.1 Å². The Balaban J connectivity index is 1.49. The zero-order chi connectivity index (χ0) is 32.4. The molecular formula is C35H38N2O9. The molecule has 2 fully saturated rings. The van der Waals surface area contributed by atoms with E-state index in [0.29, 0.717) is 42.0 Å². The van der Waals surface area contributed by atoms with Gasteiger partial charge in [-0.1, -0.05) is 56.3 Å². The zero-order valence-corrected chi connectivity index (χ0v) is 26.2. The van der Waals surface area contributed by atoms with Crippen molar-refractivity contribution in [2.24, 2.45) is 11.8 Å². The molecule has 3 aromatic carbocycles. The number of hydrogen-bond acceptors (Lipinski definition) is 9. The normalized spacial score (nSPS) is 28.9. The smallest absolute Gasteiger partial charge is 0.231 e. The highest BCUT2D eigenvalue weighted by atomic mass is 16.7. The number of hydrogen-bond donors (Lipinski definition) is 3. The molecular weight excluding hydrogens is 592 g/mol. The molecule has 3 aliphatic heterocycles. The minimum absolute atomic E-state index is 0.0702. The molecule has 3 heterocycles. The van der Waals surface area contributed by atoms with Gasteiger partial charge in [0, 0.05) is 24.4 Å². The quantitative estimate of drug-likeness (QED) is 0.359. The first kappa shape index (κ1) is 30.2. The molecule has 0 unspecified atom stereocenters. The Bertz CT molecular complexity index is 1660. The van der Waals surface area contributed by atoms with Crippen LogP contribution in [0.15, 0.2) is 60.7 Å². The van der Waals surface area contributed by atoms with Crippen LogP contribution in [0.25, 0.3) is 0 Å². The molecule has 0 radical (unpaired) electrons. The fourth-order valence-electron chi connectivity index (χ4n) is 7.78. The van der Waals surface area contributed by atoms with Crippen LogP contribution in [0.4, 0.5) is 0 Å². The van der Waals surface area contributed by atoms with E-state index in [-0.39, 0.29) is 41.4 Å². The lowest BCUT2D eigenvalue weighted by Gasteiger charge is -2.45. The maximum Gasteiger partial charge on any atom is 0.231 e. The number of carbonyl (C=O) groups excluding carboxylic acids is 2. The van der Waals surface area contributed by atoms with Crippen LogP contribution in [0.1, 0.15) is 49.3 Å². The van der Waals surface area contributed by atoms with Gasteiger partial charge in [0.1, 0.15) is 29.4 Å². The number of nitrogens with one attached hydrogen (secondary N) is 1. The molecule has 46 heavy (non-hydrogen) atoms. The lowest BCUT2D eigenvalue weighted by Crippen LogP contribution is -2.56. The van der Waals surface area contributed by atoms with Gasteiger partial charge in [-0.15, -0.1) is 0 Å². The second kappa shape index (κ2) is 11.1. The summed E-state index contributed by atoms with van der Waals surface area (Å²) in [6, 6.07) is 18.0. The second-order valence-electron chi connectivity index (χ2n) is 12.6. The molecule has 2 amide bonds. The number of fused-ring (bicyclic) bond motifs is 5. The third-order valence-electron chi connectivity index (χ3n) is 9.89. The topological polar surface area (TPSA) is 136 Å². The van der Waals surface area contributed by atoms with Gasteiger partial charge in [-0.2, -0.15) is 0 Å². The van der Waals surface area contributed by atoms with Crippen molar-refractivity contribution >= 4 is 11.8 Å². The highest BCUT2D eigenvalue weighted by molar-refractivity contribution is 5.86. The molecule has 0 spiro atoms. The van der Waals surface area contributed by atoms with E-state index in [1.807, 2.05) is 30.3 Å². The highest BCUT2D eigenvalue weighted by Crippen LogP contribution is 2.70. The van der Waals surface area contributed by atoms with Gasteiger partial charge < -0.3 is 44.1 Å². The third-order valence-corrected chi connectivity index (χ3v) is 9.89. The molecule has 6 atom stereocenters. The predicted octanol–water partition coefficient (Wildman–Crippen LogP) is 3.40. The number of ether oxygens (including phenoxy) is 5. The summed E-state index contributed by atoms with van der Waals surface area (Å²) in [6.07, 6.45) is -0.999. The van der Waals surface area contributed by atoms with E-state index in [1.165, 1.54) is 7.11 Å². The largest absolute Gasteiger partial charge is 0.497 e. The van der Waals surface area contributed by atoms with Crippen LogP contribution in [0.5, 0.6) is 28.7 Å². The molecule has 3 aromatic rings. The monoisotopic (exact) mass is 630 g/mol. The van der Waals surface area contributed by atoms with E-state index >= 15 is 4.79 Å². The number of benzene rings is 3. The molecule has 2 bridgehead atoms. The van der Waals surface area contributed by atoms with E-state index in [9.17, 15) is 15.0 Å². The second-order valence-corrected chi connectivity index (χ2v) is 12.6. The average molecular weight is 631 g/mol. The number of aliphatic hydroxyl groups excluding tert-OH is 1. The Morgan fingerprint density at radius 2 is 1.76 bits per heavy atom. The van der Waals surface area contributed by atoms with Crippen LogP contribution in [-0.2, 0) is 20.8 Å². The molecule has 11 nitrogen and oxygen atoms in total. The van der Waals surface area contributed by atoms with Crippen molar-refractivity contribution in [3.8, 4) is 28.7 Å². The van der Waals surface area contributed by atoms with Crippen molar-refractivity contribution in [3.63, 3.8) is 0 Å². The summed E-state index contributed by atoms with van der Waals surface area (Å²) in [4.78, 5) is 29.6. The van der Waals surface area contributed by atoms with Crippen molar-refractivity contribution in [2.45, 2.75) is 56.1 Å². The Morgan fingerprint density at radius 1 is 1.02 bits per heavy atom. The Kier molecular flexibility index (Phi) is 7.28. The Hall–Kier alpha value is -4.48. The molecule has 3 N–H and O–H groups in total. The summed E-state index contributed by atoms with van der Waals surface area (Å²) >= 11 is 0. The summed E-state index contributed by atoms with van der Waals surface area (Å²) in [7, 11) is 2.99. The molecule has 1 saturated heterocycles. The maximum absolute atomic E-state index is 15.1. The van der Waals surface area contributed by atoms with Crippen molar-refractivity contribution in [1.82, 2.24) is 10.2 Å². The fourth-order valence-corrected chi connectivity index (χ4v) is 7.78. The van der Waals surface area contributed by atoms with E-state index in [1.54, 1.807) is 56.2 Å². The van der Waals surface area contributed by atoms with Gasteiger partial charge in [-0.25, -0.2) is 0 Å². The fraction of sp³-hybridized carbons (Fsp3) is 0.429. The Morgan fingerprint density at radius 3 is 2.43 bits per heavy atom. The summed E-state index contributed by atoms with van der Waals surface area (Å²) in [5, 5.41) is 28.9. The van der Waals surface area contributed by atoms with Gasteiger partial charge >= 0.3 is 0 Å².